The minimum Gasteiger partial charge on any atom is -0.356 e. The second-order valence-corrected chi connectivity index (χ2v) is 4.47. The Hall–Kier alpha value is -0.660. The zero-order valence-corrected chi connectivity index (χ0v) is 10.6. The standard InChI is InChI=1S/C13H26N2/c1-4-6-8-10-15-12-11-14(13(15)3)9-7-5-2/h11-13H,4-10H2,1-3H3. The van der Waals surface area contributed by atoms with Crippen molar-refractivity contribution in [2.75, 3.05) is 13.1 Å². The Kier molecular flexibility index (Phi) is 5.59. The van der Waals surface area contributed by atoms with Crippen LogP contribution in [0.1, 0.15) is 52.9 Å². The number of hydrogen-bond acceptors (Lipinski definition) is 2. The van der Waals surface area contributed by atoms with E-state index in [1.54, 1.807) is 0 Å². The van der Waals surface area contributed by atoms with Crippen molar-refractivity contribution >= 4 is 0 Å². The van der Waals surface area contributed by atoms with E-state index in [4.69, 9.17) is 0 Å². The molecule has 0 saturated heterocycles. The summed E-state index contributed by atoms with van der Waals surface area (Å²) in [6.45, 7) is 9.24. The van der Waals surface area contributed by atoms with Crippen molar-refractivity contribution < 1.29 is 0 Å². The van der Waals surface area contributed by atoms with E-state index < -0.39 is 0 Å². The summed E-state index contributed by atoms with van der Waals surface area (Å²) in [5.74, 6) is 0. The summed E-state index contributed by atoms with van der Waals surface area (Å²) in [5.41, 5.74) is 0. The molecule has 2 heteroatoms. The molecule has 0 radical (unpaired) electrons. The van der Waals surface area contributed by atoms with E-state index in [-0.39, 0.29) is 0 Å². The fourth-order valence-corrected chi connectivity index (χ4v) is 2.02. The Morgan fingerprint density at radius 3 is 1.93 bits per heavy atom. The van der Waals surface area contributed by atoms with Crippen LogP contribution < -0.4 is 0 Å². The van der Waals surface area contributed by atoms with Gasteiger partial charge in [0.15, 0.2) is 0 Å². The lowest BCUT2D eigenvalue weighted by Gasteiger charge is -2.29. The van der Waals surface area contributed by atoms with Gasteiger partial charge in [0.25, 0.3) is 0 Å². The first kappa shape index (κ1) is 12.4. The Bertz CT molecular complexity index is 189. The third-order valence-electron chi connectivity index (χ3n) is 3.20. The van der Waals surface area contributed by atoms with Gasteiger partial charge in [-0.1, -0.05) is 33.1 Å². The van der Waals surface area contributed by atoms with E-state index in [9.17, 15) is 0 Å². The van der Waals surface area contributed by atoms with Crippen LogP contribution in [0.15, 0.2) is 12.4 Å². The van der Waals surface area contributed by atoms with Crippen molar-refractivity contribution in [3.8, 4) is 0 Å². The van der Waals surface area contributed by atoms with Gasteiger partial charge in [-0.15, -0.1) is 0 Å². The van der Waals surface area contributed by atoms with Crippen LogP contribution in [0.25, 0.3) is 0 Å². The topological polar surface area (TPSA) is 6.48 Å². The Labute approximate surface area is 94.9 Å². The van der Waals surface area contributed by atoms with Crippen LogP contribution in [0, 0.1) is 0 Å². The predicted octanol–water partition coefficient (Wildman–Crippen LogP) is 3.41. The summed E-state index contributed by atoms with van der Waals surface area (Å²) in [4.78, 5) is 4.92. The zero-order valence-electron chi connectivity index (χ0n) is 10.6. The third kappa shape index (κ3) is 3.77. The first-order chi connectivity index (χ1) is 7.29. The maximum atomic E-state index is 2.46. The number of rotatable bonds is 7. The number of unbranched alkanes of at least 4 members (excludes halogenated alkanes) is 3. The minimum atomic E-state index is 0.577. The van der Waals surface area contributed by atoms with Crippen molar-refractivity contribution in [2.24, 2.45) is 0 Å². The fourth-order valence-electron chi connectivity index (χ4n) is 2.02. The van der Waals surface area contributed by atoms with Crippen LogP contribution in [-0.4, -0.2) is 29.1 Å². The van der Waals surface area contributed by atoms with Crippen molar-refractivity contribution in [1.29, 1.82) is 0 Å². The molecule has 1 unspecified atom stereocenters. The second-order valence-electron chi connectivity index (χ2n) is 4.47. The highest BCUT2D eigenvalue weighted by Gasteiger charge is 2.20. The van der Waals surface area contributed by atoms with E-state index in [2.05, 4.69) is 43.0 Å². The first-order valence-corrected chi connectivity index (χ1v) is 6.49. The molecule has 88 valence electrons. The van der Waals surface area contributed by atoms with Gasteiger partial charge >= 0.3 is 0 Å². The SMILES string of the molecule is CCCCCN1C=CN(CCCC)C1C. The maximum Gasteiger partial charge on any atom is 0.0977 e. The van der Waals surface area contributed by atoms with E-state index in [1.165, 1.54) is 45.2 Å². The molecule has 0 bridgehead atoms. The monoisotopic (exact) mass is 210 g/mol. The first-order valence-electron chi connectivity index (χ1n) is 6.49. The highest BCUT2D eigenvalue weighted by Crippen LogP contribution is 2.16. The Balaban J connectivity index is 2.23. The average Bonchev–Trinajstić information content (AvgIpc) is 2.58. The van der Waals surface area contributed by atoms with Crippen LogP contribution in [0.4, 0.5) is 0 Å². The molecule has 0 aromatic carbocycles. The lowest BCUT2D eigenvalue weighted by Crippen LogP contribution is -2.36. The maximum absolute atomic E-state index is 2.46. The predicted molar refractivity (Wildman–Crippen MR) is 66.4 cm³/mol. The van der Waals surface area contributed by atoms with E-state index >= 15 is 0 Å². The Morgan fingerprint density at radius 2 is 1.40 bits per heavy atom. The minimum absolute atomic E-state index is 0.577. The van der Waals surface area contributed by atoms with Crippen molar-refractivity contribution in [2.45, 2.75) is 59.0 Å². The molecule has 1 aliphatic rings. The summed E-state index contributed by atoms with van der Waals surface area (Å²) < 4.78 is 0. The summed E-state index contributed by atoms with van der Waals surface area (Å²) in [7, 11) is 0. The van der Waals surface area contributed by atoms with Gasteiger partial charge in [-0.2, -0.15) is 0 Å². The van der Waals surface area contributed by atoms with Gasteiger partial charge in [-0.3, -0.25) is 0 Å². The lowest BCUT2D eigenvalue weighted by molar-refractivity contribution is 0.166. The smallest absolute Gasteiger partial charge is 0.0977 e. The van der Waals surface area contributed by atoms with Gasteiger partial charge in [-0.25, -0.2) is 0 Å². The highest BCUT2D eigenvalue weighted by atomic mass is 15.4. The molecule has 0 amide bonds. The molecule has 0 N–H and O–H groups in total. The molecule has 15 heavy (non-hydrogen) atoms. The average molecular weight is 210 g/mol. The van der Waals surface area contributed by atoms with E-state index in [0.717, 1.165) is 0 Å². The molecule has 1 rings (SSSR count). The van der Waals surface area contributed by atoms with Crippen molar-refractivity contribution in [1.82, 2.24) is 9.80 Å². The van der Waals surface area contributed by atoms with Gasteiger partial charge in [0.05, 0.1) is 6.17 Å². The summed E-state index contributed by atoms with van der Waals surface area (Å²) in [6.07, 6.45) is 11.7. The van der Waals surface area contributed by atoms with E-state index in [1.807, 2.05) is 0 Å². The summed E-state index contributed by atoms with van der Waals surface area (Å²) in [6, 6.07) is 0. The second kappa shape index (κ2) is 6.76. The van der Waals surface area contributed by atoms with Crippen LogP contribution in [0.3, 0.4) is 0 Å². The van der Waals surface area contributed by atoms with Gasteiger partial charge < -0.3 is 9.80 Å². The molecular formula is C13H26N2. The van der Waals surface area contributed by atoms with Gasteiger partial charge in [-0.05, 0) is 19.8 Å². The van der Waals surface area contributed by atoms with Gasteiger partial charge in [0, 0.05) is 25.5 Å². The largest absolute Gasteiger partial charge is 0.356 e. The molecule has 0 aliphatic carbocycles. The van der Waals surface area contributed by atoms with Crippen LogP contribution in [0.2, 0.25) is 0 Å². The number of nitrogens with zero attached hydrogens (tertiary/aromatic N) is 2. The van der Waals surface area contributed by atoms with Crippen molar-refractivity contribution in [3.63, 3.8) is 0 Å². The lowest BCUT2D eigenvalue weighted by atomic mass is 10.2. The normalized spacial score (nSPS) is 20.3. The molecule has 0 aromatic heterocycles. The summed E-state index contributed by atoms with van der Waals surface area (Å²) in [5, 5.41) is 0. The van der Waals surface area contributed by atoms with Crippen molar-refractivity contribution in [3.05, 3.63) is 12.4 Å². The molecule has 1 atom stereocenters. The van der Waals surface area contributed by atoms with Gasteiger partial charge in [0.2, 0.25) is 0 Å². The van der Waals surface area contributed by atoms with E-state index in [0.29, 0.717) is 6.17 Å². The van der Waals surface area contributed by atoms with Crippen LogP contribution in [0.5, 0.6) is 0 Å². The third-order valence-corrected chi connectivity index (χ3v) is 3.20. The molecule has 2 nitrogen and oxygen atoms in total. The molecule has 0 fully saturated rings. The number of hydrogen-bond donors (Lipinski definition) is 0. The van der Waals surface area contributed by atoms with Gasteiger partial charge in [0.1, 0.15) is 0 Å². The molecule has 0 spiro atoms. The zero-order chi connectivity index (χ0) is 11.1. The quantitative estimate of drug-likeness (QED) is 0.594. The van der Waals surface area contributed by atoms with Crippen LogP contribution >= 0.6 is 0 Å². The fraction of sp³-hybridized carbons (Fsp3) is 0.846. The highest BCUT2D eigenvalue weighted by molar-refractivity contribution is 4.95. The summed E-state index contributed by atoms with van der Waals surface area (Å²) >= 11 is 0. The van der Waals surface area contributed by atoms with Crippen LogP contribution in [-0.2, 0) is 0 Å². The molecular weight excluding hydrogens is 184 g/mol. The molecule has 1 heterocycles. The molecule has 0 saturated carbocycles. The molecule has 1 aliphatic heterocycles. The molecule has 0 aromatic rings. The Morgan fingerprint density at radius 1 is 0.867 bits per heavy atom.